The number of carbonyl (C=O) groups excluding carboxylic acids is 1. The minimum Gasteiger partial charge on any atom is -0.497 e. The molecule has 0 N–H and O–H groups in total. The summed E-state index contributed by atoms with van der Waals surface area (Å²) in [7, 11) is 1.69. The van der Waals surface area contributed by atoms with E-state index in [0.29, 0.717) is 21.6 Å². The number of aromatic nitrogens is 3. The molecule has 0 saturated carbocycles. The van der Waals surface area contributed by atoms with Crippen molar-refractivity contribution >= 4 is 17.2 Å². The summed E-state index contributed by atoms with van der Waals surface area (Å²) in [5.41, 5.74) is 2.02. The van der Waals surface area contributed by atoms with Gasteiger partial charge >= 0.3 is 0 Å². The molecule has 1 aliphatic heterocycles. The largest absolute Gasteiger partial charge is 0.497 e. The molecule has 1 amide bonds. The van der Waals surface area contributed by atoms with Gasteiger partial charge in [-0.3, -0.25) is 4.79 Å². The molecular formula is C21H22N4O2S. The number of thiazole rings is 1. The Labute approximate surface area is 168 Å². The summed E-state index contributed by atoms with van der Waals surface area (Å²) in [5.74, 6) is 1.95. The summed E-state index contributed by atoms with van der Waals surface area (Å²) in [6.07, 6.45) is 5.27. The normalized spacial score (nSPS) is 14.9. The maximum absolute atomic E-state index is 13.0. The summed E-state index contributed by atoms with van der Waals surface area (Å²) >= 11 is 1.37. The van der Waals surface area contributed by atoms with Crippen LogP contribution in [0.5, 0.6) is 5.75 Å². The van der Waals surface area contributed by atoms with Crippen LogP contribution in [0.25, 0.3) is 10.8 Å². The smallest absolute Gasteiger partial charge is 0.265 e. The van der Waals surface area contributed by atoms with Crippen molar-refractivity contribution < 1.29 is 9.53 Å². The maximum atomic E-state index is 13.0. The summed E-state index contributed by atoms with van der Waals surface area (Å²) in [5, 5.41) is 0.688. The first-order chi connectivity index (χ1) is 13.7. The molecule has 3 heterocycles. The molecule has 1 saturated heterocycles. The molecule has 1 aromatic carbocycles. The molecule has 2 aromatic heterocycles. The van der Waals surface area contributed by atoms with E-state index in [-0.39, 0.29) is 5.91 Å². The Morgan fingerprint density at radius 1 is 1.18 bits per heavy atom. The third-order valence-corrected chi connectivity index (χ3v) is 6.24. The number of methoxy groups -OCH3 is 1. The Bertz CT molecular complexity index is 966. The van der Waals surface area contributed by atoms with Crippen LogP contribution in [0.2, 0.25) is 0 Å². The second-order valence-corrected chi connectivity index (χ2v) is 7.85. The van der Waals surface area contributed by atoms with Gasteiger partial charge in [0.15, 0.2) is 10.8 Å². The lowest BCUT2D eigenvalue weighted by atomic mass is 9.89. The highest BCUT2D eigenvalue weighted by molar-refractivity contribution is 7.17. The van der Waals surface area contributed by atoms with E-state index in [4.69, 9.17) is 4.74 Å². The minimum atomic E-state index is 0.0567. The fourth-order valence-corrected chi connectivity index (χ4v) is 4.54. The number of benzene rings is 1. The first kappa shape index (κ1) is 18.6. The van der Waals surface area contributed by atoms with Crippen LogP contribution < -0.4 is 4.74 Å². The average Bonchev–Trinajstić information content (AvgIpc) is 3.15. The van der Waals surface area contributed by atoms with Crippen molar-refractivity contribution in [1.82, 2.24) is 19.9 Å². The van der Waals surface area contributed by atoms with Gasteiger partial charge in [0.05, 0.1) is 12.8 Å². The van der Waals surface area contributed by atoms with E-state index < -0.39 is 0 Å². The number of amides is 1. The third kappa shape index (κ3) is 3.75. The second kappa shape index (κ2) is 8.06. The van der Waals surface area contributed by atoms with Crippen LogP contribution in [-0.4, -0.2) is 46.0 Å². The molecular weight excluding hydrogens is 372 g/mol. The van der Waals surface area contributed by atoms with Crippen molar-refractivity contribution in [2.45, 2.75) is 25.7 Å². The molecule has 0 spiro atoms. The van der Waals surface area contributed by atoms with Crippen LogP contribution in [0.1, 0.15) is 39.7 Å². The van der Waals surface area contributed by atoms with Gasteiger partial charge in [0.1, 0.15) is 10.6 Å². The molecule has 28 heavy (non-hydrogen) atoms. The SMILES string of the molecule is COc1cccc(C2CCN(C(=O)c3sc(-c4ncccn4)nc3C)CC2)c1. The van der Waals surface area contributed by atoms with Crippen molar-refractivity contribution in [3.63, 3.8) is 0 Å². The lowest BCUT2D eigenvalue weighted by Crippen LogP contribution is -2.37. The van der Waals surface area contributed by atoms with E-state index in [1.54, 1.807) is 25.6 Å². The molecule has 144 valence electrons. The van der Waals surface area contributed by atoms with Crippen molar-refractivity contribution in [2.24, 2.45) is 0 Å². The highest BCUT2D eigenvalue weighted by atomic mass is 32.1. The number of likely N-dealkylation sites (tertiary alicyclic amines) is 1. The van der Waals surface area contributed by atoms with Crippen LogP contribution in [0.15, 0.2) is 42.7 Å². The zero-order valence-corrected chi connectivity index (χ0v) is 16.8. The van der Waals surface area contributed by atoms with E-state index >= 15 is 0 Å². The average molecular weight is 395 g/mol. The number of hydrogen-bond acceptors (Lipinski definition) is 6. The van der Waals surface area contributed by atoms with E-state index in [1.807, 2.05) is 24.0 Å². The highest BCUT2D eigenvalue weighted by Crippen LogP contribution is 2.32. The number of nitrogens with zero attached hydrogens (tertiary/aromatic N) is 4. The van der Waals surface area contributed by atoms with Crippen molar-refractivity contribution in [1.29, 1.82) is 0 Å². The molecule has 0 radical (unpaired) electrons. The monoisotopic (exact) mass is 394 g/mol. The van der Waals surface area contributed by atoms with E-state index in [9.17, 15) is 4.79 Å². The van der Waals surface area contributed by atoms with Crippen LogP contribution >= 0.6 is 11.3 Å². The number of piperidine rings is 1. The van der Waals surface area contributed by atoms with Gasteiger partial charge in [0, 0.05) is 25.5 Å². The quantitative estimate of drug-likeness (QED) is 0.670. The first-order valence-electron chi connectivity index (χ1n) is 9.33. The maximum Gasteiger partial charge on any atom is 0.265 e. The van der Waals surface area contributed by atoms with Crippen molar-refractivity contribution in [3.05, 3.63) is 58.9 Å². The van der Waals surface area contributed by atoms with E-state index in [2.05, 4.69) is 27.1 Å². The molecule has 0 aliphatic carbocycles. The third-order valence-electron chi connectivity index (χ3n) is 5.10. The molecule has 3 aromatic rings. The zero-order valence-electron chi connectivity index (χ0n) is 16.0. The van der Waals surface area contributed by atoms with Crippen LogP contribution in [0.3, 0.4) is 0 Å². The predicted molar refractivity (Wildman–Crippen MR) is 109 cm³/mol. The molecule has 0 atom stereocenters. The molecule has 6 nitrogen and oxygen atoms in total. The topological polar surface area (TPSA) is 68.2 Å². The molecule has 0 bridgehead atoms. The lowest BCUT2D eigenvalue weighted by Gasteiger charge is -2.32. The number of ether oxygens (including phenoxy) is 1. The molecule has 1 aliphatic rings. The standard InChI is InChI=1S/C21H22N4O2S/c1-14-18(28-20(24-14)19-22-9-4-10-23-19)21(26)25-11-7-15(8-12-25)16-5-3-6-17(13-16)27-2/h3-6,9-10,13,15H,7-8,11-12H2,1-2H3. The van der Waals surface area contributed by atoms with E-state index in [1.165, 1.54) is 16.9 Å². The van der Waals surface area contributed by atoms with Crippen LogP contribution in [-0.2, 0) is 0 Å². The summed E-state index contributed by atoms with van der Waals surface area (Å²) < 4.78 is 5.33. The number of hydrogen-bond donors (Lipinski definition) is 0. The van der Waals surface area contributed by atoms with Gasteiger partial charge in [-0.05, 0) is 49.4 Å². The summed E-state index contributed by atoms with van der Waals surface area (Å²) in [4.78, 5) is 28.6. The minimum absolute atomic E-state index is 0.0567. The number of carbonyl (C=O) groups is 1. The Morgan fingerprint density at radius 2 is 1.93 bits per heavy atom. The Morgan fingerprint density at radius 3 is 2.64 bits per heavy atom. The van der Waals surface area contributed by atoms with Gasteiger partial charge in [-0.15, -0.1) is 11.3 Å². The van der Waals surface area contributed by atoms with Crippen LogP contribution in [0, 0.1) is 6.92 Å². The van der Waals surface area contributed by atoms with Crippen molar-refractivity contribution in [3.8, 4) is 16.6 Å². The zero-order chi connectivity index (χ0) is 19.5. The molecule has 0 unspecified atom stereocenters. The highest BCUT2D eigenvalue weighted by Gasteiger charge is 2.27. The first-order valence-corrected chi connectivity index (χ1v) is 10.2. The summed E-state index contributed by atoms with van der Waals surface area (Å²) in [6.45, 7) is 3.36. The van der Waals surface area contributed by atoms with Gasteiger partial charge in [0.2, 0.25) is 0 Å². The Hall–Kier alpha value is -2.80. The fourth-order valence-electron chi connectivity index (χ4n) is 3.55. The van der Waals surface area contributed by atoms with Gasteiger partial charge in [-0.25, -0.2) is 15.0 Å². The molecule has 1 fully saturated rings. The van der Waals surface area contributed by atoms with Gasteiger partial charge in [-0.1, -0.05) is 12.1 Å². The Kier molecular flexibility index (Phi) is 5.34. The molecule has 4 rings (SSSR count). The van der Waals surface area contributed by atoms with Gasteiger partial charge in [-0.2, -0.15) is 0 Å². The van der Waals surface area contributed by atoms with Gasteiger partial charge < -0.3 is 9.64 Å². The van der Waals surface area contributed by atoms with Gasteiger partial charge in [0.25, 0.3) is 5.91 Å². The Balaban J connectivity index is 1.45. The fraction of sp³-hybridized carbons (Fsp3) is 0.333. The summed E-state index contributed by atoms with van der Waals surface area (Å²) in [6, 6.07) is 10.00. The second-order valence-electron chi connectivity index (χ2n) is 6.85. The lowest BCUT2D eigenvalue weighted by molar-refractivity contribution is 0.0717. The van der Waals surface area contributed by atoms with Crippen LogP contribution in [0.4, 0.5) is 0 Å². The number of aryl methyl sites for hydroxylation is 1. The van der Waals surface area contributed by atoms with E-state index in [0.717, 1.165) is 37.4 Å². The van der Waals surface area contributed by atoms with Crippen molar-refractivity contribution in [2.75, 3.05) is 20.2 Å². The molecule has 7 heteroatoms. The number of rotatable bonds is 4. The predicted octanol–water partition coefficient (Wildman–Crippen LogP) is 3.94.